The van der Waals surface area contributed by atoms with Crippen LogP contribution in [-0.4, -0.2) is 0 Å². The molecule has 13 heavy (non-hydrogen) atoms. The first-order chi connectivity index (χ1) is 5.75. The molecular formula is C10H18ClNS. The zero-order valence-corrected chi connectivity index (χ0v) is 9.88. The van der Waals surface area contributed by atoms with Crippen molar-refractivity contribution in [2.24, 2.45) is 5.73 Å². The Morgan fingerprint density at radius 2 is 2.23 bits per heavy atom. The zero-order valence-electron chi connectivity index (χ0n) is 8.25. The highest BCUT2D eigenvalue weighted by atomic mass is 35.5. The van der Waals surface area contributed by atoms with Gasteiger partial charge in [-0.2, -0.15) is 0 Å². The number of halogens is 1. The van der Waals surface area contributed by atoms with Gasteiger partial charge in [0.1, 0.15) is 0 Å². The number of unbranched alkanes of at least 4 members (excludes halogenated alkanes) is 1. The topological polar surface area (TPSA) is 26.0 Å². The molecule has 0 unspecified atom stereocenters. The predicted molar refractivity (Wildman–Crippen MR) is 62.8 cm³/mol. The lowest BCUT2D eigenvalue weighted by atomic mass is 10.1. The first-order valence-corrected chi connectivity index (χ1v) is 5.43. The van der Waals surface area contributed by atoms with Crippen LogP contribution in [0.2, 0.25) is 0 Å². The van der Waals surface area contributed by atoms with E-state index >= 15 is 0 Å². The van der Waals surface area contributed by atoms with E-state index in [9.17, 15) is 0 Å². The molecule has 1 atom stereocenters. The lowest BCUT2D eigenvalue weighted by molar-refractivity contribution is 0.609. The van der Waals surface area contributed by atoms with Crippen molar-refractivity contribution in [1.82, 2.24) is 0 Å². The molecule has 1 rings (SSSR count). The molecule has 1 nitrogen and oxygen atoms in total. The molecule has 0 saturated carbocycles. The average Bonchev–Trinajstić information content (AvgIpc) is 2.47. The van der Waals surface area contributed by atoms with Gasteiger partial charge in [-0.05, 0) is 30.4 Å². The van der Waals surface area contributed by atoms with Crippen molar-refractivity contribution in [3.63, 3.8) is 0 Å². The maximum Gasteiger partial charge on any atom is 0.0392 e. The molecule has 1 aromatic heterocycles. The van der Waals surface area contributed by atoms with Crippen LogP contribution < -0.4 is 5.73 Å². The Kier molecular flexibility index (Phi) is 6.39. The van der Waals surface area contributed by atoms with Crippen molar-refractivity contribution >= 4 is 23.7 Å². The van der Waals surface area contributed by atoms with Gasteiger partial charge in [-0.3, -0.25) is 0 Å². The minimum absolute atomic E-state index is 0. The molecule has 0 spiro atoms. The number of hydrogen-bond donors (Lipinski definition) is 1. The fourth-order valence-electron chi connectivity index (χ4n) is 1.32. The van der Waals surface area contributed by atoms with Crippen molar-refractivity contribution in [3.8, 4) is 0 Å². The molecule has 1 aromatic rings. The normalized spacial score (nSPS) is 12.2. The van der Waals surface area contributed by atoms with E-state index in [-0.39, 0.29) is 18.4 Å². The summed E-state index contributed by atoms with van der Waals surface area (Å²) >= 11 is 1.78. The van der Waals surface area contributed by atoms with Crippen molar-refractivity contribution < 1.29 is 0 Å². The molecule has 3 heteroatoms. The van der Waals surface area contributed by atoms with Gasteiger partial charge in [0.2, 0.25) is 0 Å². The van der Waals surface area contributed by atoms with Crippen molar-refractivity contribution in [3.05, 3.63) is 21.9 Å². The lowest BCUT2D eigenvalue weighted by Crippen LogP contribution is -2.09. The Balaban J connectivity index is 0.00000144. The van der Waals surface area contributed by atoms with Gasteiger partial charge in [-0.25, -0.2) is 0 Å². The van der Waals surface area contributed by atoms with Gasteiger partial charge in [-0.1, -0.05) is 19.8 Å². The van der Waals surface area contributed by atoms with E-state index in [2.05, 4.69) is 25.3 Å². The fraction of sp³-hybridized carbons (Fsp3) is 0.600. The van der Waals surface area contributed by atoms with E-state index in [1.54, 1.807) is 11.3 Å². The highest BCUT2D eigenvalue weighted by Gasteiger charge is 2.08. The molecule has 0 aliphatic heterocycles. The molecule has 0 aliphatic rings. The van der Waals surface area contributed by atoms with Crippen LogP contribution in [0.4, 0.5) is 0 Å². The Morgan fingerprint density at radius 1 is 1.54 bits per heavy atom. The largest absolute Gasteiger partial charge is 0.323 e. The molecule has 0 radical (unpaired) electrons. The van der Waals surface area contributed by atoms with E-state index in [1.807, 2.05) is 0 Å². The van der Waals surface area contributed by atoms with Crippen LogP contribution in [0.25, 0.3) is 0 Å². The summed E-state index contributed by atoms with van der Waals surface area (Å²) in [7, 11) is 0. The second kappa shape index (κ2) is 6.41. The minimum atomic E-state index is 0. The summed E-state index contributed by atoms with van der Waals surface area (Å²) in [5.74, 6) is 0. The predicted octanol–water partition coefficient (Wildman–Crippen LogP) is 3.67. The van der Waals surface area contributed by atoms with Crippen LogP contribution in [-0.2, 0) is 0 Å². The van der Waals surface area contributed by atoms with Crippen molar-refractivity contribution in [2.75, 3.05) is 0 Å². The Bertz CT molecular complexity index is 235. The summed E-state index contributed by atoms with van der Waals surface area (Å²) in [5.41, 5.74) is 7.39. The van der Waals surface area contributed by atoms with E-state index in [0.29, 0.717) is 0 Å². The highest BCUT2D eigenvalue weighted by Crippen LogP contribution is 2.25. The van der Waals surface area contributed by atoms with Gasteiger partial charge >= 0.3 is 0 Å². The summed E-state index contributed by atoms with van der Waals surface area (Å²) in [6.45, 7) is 4.34. The summed E-state index contributed by atoms with van der Waals surface area (Å²) in [5, 5.41) is 2.12. The van der Waals surface area contributed by atoms with Crippen LogP contribution in [0.15, 0.2) is 11.4 Å². The summed E-state index contributed by atoms with van der Waals surface area (Å²) < 4.78 is 0. The third kappa shape index (κ3) is 3.67. The number of hydrogen-bond acceptors (Lipinski definition) is 2. The molecule has 0 bridgehead atoms. The van der Waals surface area contributed by atoms with Crippen molar-refractivity contribution in [1.29, 1.82) is 0 Å². The van der Waals surface area contributed by atoms with E-state index < -0.39 is 0 Å². The van der Waals surface area contributed by atoms with Crippen LogP contribution in [0.5, 0.6) is 0 Å². The quantitative estimate of drug-likeness (QED) is 0.822. The van der Waals surface area contributed by atoms with E-state index in [1.165, 1.54) is 23.3 Å². The molecular weight excluding hydrogens is 202 g/mol. The zero-order chi connectivity index (χ0) is 8.97. The molecule has 1 heterocycles. The van der Waals surface area contributed by atoms with E-state index in [4.69, 9.17) is 5.73 Å². The van der Waals surface area contributed by atoms with Crippen LogP contribution in [0, 0.1) is 6.92 Å². The molecule has 0 aliphatic carbocycles. The monoisotopic (exact) mass is 219 g/mol. The summed E-state index contributed by atoms with van der Waals surface area (Å²) in [6, 6.07) is 2.41. The molecule has 2 N–H and O–H groups in total. The molecule has 0 amide bonds. The fourth-order valence-corrected chi connectivity index (χ4v) is 2.28. The second-order valence-electron chi connectivity index (χ2n) is 3.22. The Hall–Kier alpha value is -0.0500. The van der Waals surface area contributed by atoms with Gasteiger partial charge in [0, 0.05) is 10.9 Å². The lowest BCUT2D eigenvalue weighted by Gasteiger charge is -2.09. The summed E-state index contributed by atoms with van der Waals surface area (Å²) in [6.07, 6.45) is 3.59. The highest BCUT2D eigenvalue weighted by molar-refractivity contribution is 7.10. The molecule has 76 valence electrons. The maximum atomic E-state index is 6.04. The van der Waals surface area contributed by atoms with Gasteiger partial charge < -0.3 is 5.73 Å². The van der Waals surface area contributed by atoms with Gasteiger partial charge in [0.05, 0.1) is 0 Å². The van der Waals surface area contributed by atoms with Crippen LogP contribution in [0.3, 0.4) is 0 Å². The average molecular weight is 220 g/mol. The van der Waals surface area contributed by atoms with Gasteiger partial charge in [0.25, 0.3) is 0 Å². The number of rotatable bonds is 4. The number of nitrogens with two attached hydrogens (primary N) is 1. The number of aryl methyl sites for hydroxylation is 1. The first-order valence-electron chi connectivity index (χ1n) is 4.55. The van der Waals surface area contributed by atoms with Crippen LogP contribution >= 0.6 is 23.7 Å². The minimum Gasteiger partial charge on any atom is -0.323 e. The third-order valence-electron chi connectivity index (χ3n) is 2.11. The third-order valence-corrected chi connectivity index (χ3v) is 3.26. The summed E-state index contributed by atoms with van der Waals surface area (Å²) in [4.78, 5) is 1.36. The molecule has 0 fully saturated rings. The first kappa shape index (κ1) is 12.9. The van der Waals surface area contributed by atoms with Crippen LogP contribution in [0.1, 0.15) is 42.7 Å². The van der Waals surface area contributed by atoms with Gasteiger partial charge in [-0.15, -0.1) is 23.7 Å². The maximum absolute atomic E-state index is 6.04. The van der Waals surface area contributed by atoms with Crippen molar-refractivity contribution in [2.45, 2.75) is 39.2 Å². The smallest absolute Gasteiger partial charge is 0.0392 e. The Labute approximate surface area is 90.8 Å². The second-order valence-corrected chi connectivity index (χ2v) is 4.16. The molecule has 0 saturated heterocycles. The number of thiophene rings is 1. The standard InChI is InChI=1S/C10H17NS.ClH/c1-3-4-5-9(11)10-8(2)6-7-12-10;/h6-7,9H,3-5,11H2,1-2H3;1H/t9-;/m0./s1. The molecule has 0 aromatic carbocycles. The Morgan fingerprint density at radius 3 is 2.69 bits per heavy atom. The van der Waals surface area contributed by atoms with Gasteiger partial charge in [0.15, 0.2) is 0 Å². The van der Waals surface area contributed by atoms with E-state index in [0.717, 1.165) is 6.42 Å². The SMILES string of the molecule is CCCC[C@H](N)c1sccc1C.Cl.